The molecule has 0 saturated heterocycles. The molecule has 724 valence electrons. The highest BCUT2D eigenvalue weighted by molar-refractivity contribution is 6.01. The van der Waals surface area contributed by atoms with Crippen molar-refractivity contribution in [3.63, 3.8) is 0 Å². The fourth-order valence-corrected chi connectivity index (χ4v) is 23.2. The minimum atomic E-state index is -0.943. The summed E-state index contributed by atoms with van der Waals surface area (Å²) < 4.78 is 26.8. The minimum Gasteiger partial charge on any atom is -0.420 e. The first-order valence-electron chi connectivity index (χ1n) is 51.6. The van der Waals surface area contributed by atoms with Crippen LogP contribution in [0.5, 0.6) is 0 Å². The van der Waals surface area contributed by atoms with Crippen LogP contribution in [-0.2, 0) is 38.9 Å². The number of allylic oxidation sites excluding steroid dienone is 9. The Bertz CT molecular complexity index is 8690. The molecule has 5 aliphatic rings. The highest BCUT2D eigenvalue weighted by Gasteiger charge is 2.55. The van der Waals surface area contributed by atoms with Gasteiger partial charge in [0.15, 0.2) is 0 Å². The maximum atomic E-state index is 6.97. The van der Waals surface area contributed by atoms with E-state index in [1.165, 1.54) is 44.6 Å². The standard InChI is InChI=1S/C135H110N10O4/c1-12-114-106(107-38-25-27-41-115(107)134(114)116-42-28-26-39-108(116)109-75-58-93(82-119(109)134)127-141-138-124(147-127)88-44-61-96(62-45-88)130(2,3)4)40-29-43-122-136-137-123(146-122)87-48-65-98(66-49-87)132(8,9)78-79-133(10,11)99-67-50-90(51-68-99)126-140-143-129(149-126)95-60-77-113-111-74-57-92(86-54-71-105(72-55-86)145(102-34-21-15-22-35-102)103-36-23-16-24-37-103)81-118(111)135(121(113)84-95)117-80-91(85-52-69-104(70-53-85)144(100-30-17-13-18-31-100)101-32-19-14-20-33-101)56-73-110(117)112-76-59-94(83-120(112)135)128-142-139-125(148-128)89-46-63-97(64-47-89)131(5,6)7/h12-23,25-36,38-42,44-77,80-84H,1,24,37,43,78-79H2,2-11H3/b40-29-. The summed E-state index contributed by atoms with van der Waals surface area (Å²) in [6, 6.07) is 136. The molecule has 14 nitrogen and oxygen atoms in total. The number of benzene rings is 16. The van der Waals surface area contributed by atoms with Crippen molar-refractivity contribution >= 4 is 34.0 Å². The van der Waals surface area contributed by atoms with E-state index >= 15 is 0 Å². The molecule has 2 spiro atoms. The van der Waals surface area contributed by atoms with E-state index in [4.69, 9.17) is 38.1 Å². The van der Waals surface area contributed by atoms with Gasteiger partial charge in [0, 0.05) is 79.5 Å². The molecule has 149 heavy (non-hydrogen) atoms. The first-order chi connectivity index (χ1) is 72.5. The van der Waals surface area contributed by atoms with E-state index in [1.807, 2.05) is 6.08 Å². The highest BCUT2D eigenvalue weighted by Crippen LogP contribution is 2.67. The molecule has 14 heteroatoms. The lowest BCUT2D eigenvalue weighted by molar-refractivity contribution is 0.375. The quantitative estimate of drug-likeness (QED) is 0.0562. The summed E-state index contributed by atoms with van der Waals surface area (Å²) in [6.45, 7) is 27.2. The summed E-state index contributed by atoms with van der Waals surface area (Å²) in [6.07, 6.45) is 17.2. The molecule has 0 bridgehead atoms. The molecular formula is C135H110N10O4. The Morgan fingerprint density at radius 1 is 0.289 bits per heavy atom. The summed E-state index contributed by atoms with van der Waals surface area (Å²) in [4.78, 5) is 4.70. The van der Waals surface area contributed by atoms with Crippen LogP contribution >= 0.6 is 0 Å². The molecule has 0 aliphatic heterocycles. The normalized spacial score (nSPS) is 15.2. The Hall–Kier alpha value is -17.6. The Labute approximate surface area is 869 Å². The van der Waals surface area contributed by atoms with E-state index in [1.54, 1.807) is 0 Å². The van der Waals surface area contributed by atoms with Gasteiger partial charge in [0.2, 0.25) is 47.1 Å². The molecule has 2 atom stereocenters. The average Bonchev–Trinajstić information content (AvgIpc) is 1.50. The van der Waals surface area contributed by atoms with E-state index in [2.05, 4.69) is 513 Å². The first-order valence-corrected chi connectivity index (χ1v) is 51.6. The van der Waals surface area contributed by atoms with Crippen molar-refractivity contribution in [2.45, 2.75) is 134 Å². The molecule has 0 radical (unpaired) electrons. The van der Waals surface area contributed by atoms with Gasteiger partial charge in [-0.2, -0.15) is 0 Å². The van der Waals surface area contributed by atoms with Crippen molar-refractivity contribution in [1.29, 1.82) is 0 Å². The predicted molar refractivity (Wildman–Crippen MR) is 600 cm³/mol. The second-order valence-corrected chi connectivity index (χ2v) is 43.2. The van der Waals surface area contributed by atoms with Crippen LogP contribution in [0.25, 0.3) is 141 Å². The topological polar surface area (TPSA) is 162 Å². The van der Waals surface area contributed by atoms with E-state index in [9.17, 15) is 0 Å². The number of rotatable bonds is 24. The zero-order valence-corrected chi connectivity index (χ0v) is 85.1. The van der Waals surface area contributed by atoms with Crippen molar-refractivity contribution in [2.24, 2.45) is 0 Å². The molecule has 0 amide bonds. The Balaban J connectivity index is 0.498. The average molecular weight is 1940 g/mol. The zero-order valence-electron chi connectivity index (χ0n) is 85.1. The molecule has 2 unspecified atom stereocenters. The molecule has 0 N–H and O–H groups in total. The summed E-state index contributed by atoms with van der Waals surface area (Å²) in [7, 11) is 0. The van der Waals surface area contributed by atoms with Gasteiger partial charge in [-0.25, -0.2) is 0 Å². The third-order valence-corrected chi connectivity index (χ3v) is 31.3. The molecule has 20 aromatic rings. The van der Waals surface area contributed by atoms with Crippen molar-refractivity contribution in [3.05, 3.63) is 503 Å². The van der Waals surface area contributed by atoms with Gasteiger partial charge in [0.05, 0.1) is 10.8 Å². The fourth-order valence-electron chi connectivity index (χ4n) is 23.2. The lowest BCUT2D eigenvalue weighted by Gasteiger charge is -2.32. The monoisotopic (exact) mass is 1930 g/mol. The lowest BCUT2D eigenvalue weighted by Crippen LogP contribution is -2.26. The van der Waals surface area contributed by atoms with Crippen LogP contribution in [0.4, 0.5) is 28.4 Å². The number of hydrogen-bond donors (Lipinski definition) is 0. The van der Waals surface area contributed by atoms with Gasteiger partial charge >= 0.3 is 0 Å². The largest absolute Gasteiger partial charge is 0.420 e. The van der Waals surface area contributed by atoms with Gasteiger partial charge in [-0.05, 0) is 345 Å². The highest BCUT2D eigenvalue weighted by atomic mass is 16.4. The van der Waals surface area contributed by atoms with Crippen molar-refractivity contribution in [2.75, 3.05) is 9.80 Å². The van der Waals surface area contributed by atoms with Gasteiger partial charge in [-0.15, -0.1) is 40.8 Å². The molecule has 0 saturated carbocycles. The number of hydrogen-bond acceptors (Lipinski definition) is 14. The van der Waals surface area contributed by atoms with Crippen LogP contribution in [0.2, 0.25) is 0 Å². The van der Waals surface area contributed by atoms with Crippen LogP contribution in [-0.4, -0.2) is 40.8 Å². The predicted octanol–water partition coefficient (Wildman–Crippen LogP) is 34.1. The Morgan fingerprint density at radius 3 is 0.993 bits per heavy atom. The third kappa shape index (κ3) is 16.2. The van der Waals surface area contributed by atoms with Gasteiger partial charge < -0.3 is 27.5 Å². The zero-order chi connectivity index (χ0) is 101. The summed E-state index contributed by atoms with van der Waals surface area (Å²) in [5.74, 6) is 3.65. The number of nitrogens with zero attached hydrogens (tertiary/aromatic N) is 10. The summed E-state index contributed by atoms with van der Waals surface area (Å²) in [5, 5.41) is 37.8. The molecule has 4 aromatic heterocycles. The SMILES string of the molecule is C=CC1=C(/C=C\Cc2nnc(-c3ccc(C(C)(C)CCC(C)(C)c4ccc(-c5nnc(-c6ccc7c(c6)C6(c8cc(-c9ccc(N(c%10ccccc%10)c%10ccccc%10)cc9)ccc8-c8ccc(-c9nnc(-c%10ccc(C(C)(C)C)cc%10)o9)cc86)c6cc(-c8ccc(N(C9=CC=CCC9)c9ccccc9)cc8)ccc6-7)o5)cc4)cc3)o2)c2ccccc2C12c1ccccc1-c1ccc(-c3nnc(-c4ccc(C(C)(C)C)cc4)o3)cc12. The van der Waals surface area contributed by atoms with Gasteiger partial charge in [0.1, 0.15) is 0 Å². The minimum absolute atomic E-state index is 0.0206. The second-order valence-electron chi connectivity index (χ2n) is 43.2. The number of aromatic nitrogens is 8. The molecule has 25 rings (SSSR count). The van der Waals surface area contributed by atoms with Crippen LogP contribution in [0.15, 0.2) is 448 Å². The maximum Gasteiger partial charge on any atom is 0.248 e. The summed E-state index contributed by atoms with van der Waals surface area (Å²) >= 11 is 0. The van der Waals surface area contributed by atoms with Gasteiger partial charge in [-0.3, -0.25) is 0 Å². The van der Waals surface area contributed by atoms with Crippen LogP contribution in [0.1, 0.15) is 168 Å². The molecule has 16 aromatic carbocycles. The molecule has 0 fully saturated rings. The van der Waals surface area contributed by atoms with E-state index in [0.29, 0.717) is 53.5 Å². The smallest absolute Gasteiger partial charge is 0.248 e. The van der Waals surface area contributed by atoms with Crippen LogP contribution in [0, 0.1) is 0 Å². The molecular weight excluding hydrogens is 1830 g/mol. The van der Waals surface area contributed by atoms with E-state index < -0.39 is 10.8 Å². The second kappa shape index (κ2) is 36.5. The number of anilines is 5. The Kier molecular flexibility index (Phi) is 22.7. The number of para-hydroxylation sites is 3. The van der Waals surface area contributed by atoms with Crippen molar-refractivity contribution in [3.8, 4) is 136 Å². The summed E-state index contributed by atoms with van der Waals surface area (Å²) in [5.41, 5.74) is 37.9. The lowest BCUT2D eigenvalue weighted by atomic mass is 9.69. The van der Waals surface area contributed by atoms with E-state index in [-0.39, 0.29) is 21.7 Å². The van der Waals surface area contributed by atoms with Crippen LogP contribution in [0.3, 0.4) is 0 Å². The van der Waals surface area contributed by atoms with Crippen molar-refractivity contribution < 1.29 is 17.7 Å². The van der Waals surface area contributed by atoms with Crippen molar-refractivity contribution in [1.82, 2.24) is 40.8 Å². The molecule has 5 aliphatic carbocycles. The third-order valence-electron chi connectivity index (χ3n) is 31.3. The maximum absolute atomic E-state index is 6.97. The van der Waals surface area contributed by atoms with Gasteiger partial charge in [-0.1, -0.05) is 325 Å². The van der Waals surface area contributed by atoms with E-state index in [0.717, 1.165) is 188 Å². The molecule has 4 heterocycles. The number of fused-ring (bicyclic) bond motifs is 17. The fraction of sp³-hybridized carbons (Fsp3) is 0.156. The van der Waals surface area contributed by atoms with Gasteiger partial charge in [0.25, 0.3) is 0 Å². The Morgan fingerprint density at radius 2 is 0.597 bits per heavy atom. The van der Waals surface area contributed by atoms with Crippen LogP contribution < -0.4 is 9.80 Å². The first kappa shape index (κ1) is 92.5.